The van der Waals surface area contributed by atoms with Gasteiger partial charge in [0.2, 0.25) is 10.0 Å². The molecule has 0 bridgehead atoms. The average Bonchev–Trinajstić information content (AvgIpc) is 3.05. The van der Waals surface area contributed by atoms with Crippen molar-refractivity contribution in [2.24, 2.45) is 0 Å². The Morgan fingerprint density at radius 2 is 1.85 bits per heavy atom. The van der Waals surface area contributed by atoms with Gasteiger partial charge in [-0.15, -0.1) is 0 Å². The maximum atomic E-state index is 15.6. The number of amides is 2. The maximum absolute atomic E-state index is 15.6. The van der Waals surface area contributed by atoms with Crippen molar-refractivity contribution in [1.82, 2.24) is 14.5 Å². The van der Waals surface area contributed by atoms with Crippen LogP contribution in [0.2, 0.25) is 0 Å². The Labute approximate surface area is 192 Å². The second-order valence-corrected chi connectivity index (χ2v) is 10.5. The molecule has 1 saturated heterocycles. The lowest BCUT2D eigenvalue weighted by Crippen LogP contribution is -2.51. The van der Waals surface area contributed by atoms with Crippen LogP contribution in [0.1, 0.15) is 18.1 Å². The fourth-order valence-corrected chi connectivity index (χ4v) is 5.01. The van der Waals surface area contributed by atoms with E-state index < -0.39 is 45.9 Å². The van der Waals surface area contributed by atoms with E-state index in [1.54, 1.807) is 19.1 Å². The highest BCUT2D eigenvalue weighted by molar-refractivity contribution is 7.89. The van der Waals surface area contributed by atoms with Gasteiger partial charge in [0.15, 0.2) is 0 Å². The molecule has 2 aromatic rings. The van der Waals surface area contributed by atoms with Crippen molar-refractivity contribution in [2.75, 3.05) is 26.4 Å². The molecule has 1 aliphatic heterocycles. The molecule has 33 heavy (non-hydrogen) atoms. The van der Waals surface area contributed by atoms with E-state index in [-0.39, 0.29) is 35.4 Å². The number of nitrogens with zero attached hydrogens (tertiary/aromatic N) is 2. The van der Waals surface area contributed by atoms with Crippen molar-refractivity contribution in [3.8, 4) is 11.1 Å². The minimum absolute atomic E-state index is 0.0501. The van der Waals surface area contributed by atoms with Crippen LogP contribution < -0.4 is 4.72 Å². The molecule has 3 rings (SSSR count). The first-order valence-electron chi connectivity index (χ1n) is 10.6. The summed E-state index contributed by atoms with van der Waals surface area (Å²) < 4.78 is 71.7. The van der Waals surface area contributed by atoms with Gasteiger partial charge >= 0.3 is 6.03 Å². The predicted molar refractivity (Wildman–Crippen MR) is 121 cm³/mol. The highest BCUT2D eigenvalue weighted by Gasteiger charge is 2.46. The van der Waals surface area contributed by atoms with E-state index in [2.05, 4.69) is 4.72 Å². The third-order valence-electron chi connectivity index (χ3n) is 5.78. The second kappa shape index (κ2) is 9.72. The van der Waals surface area contributed by atoms with Crippen LogP contribution in [0.4, 0.5) is 18.0 Å². The molecule has 0 aromatic heterocycles. The van der Waals surface area contributed by atoms with Crippen LogP contribution in [0, 0.1) is 18.6 Å². The van der Waals surface area contributed by atoms with Crippen LogP contribution in [0.5, 0.6) is 0 Å². The van der Waals surface area contributed by atoms with Gasteiger partial charge in [-0.3, -0.25) is 0 Å². The molecule has 2 aromatic carbocycles. The molecule has 1 fully saturated rings. The molecule has 3 atom stereocenters. The smallest absolute Gasteiger partial charge is 0.319 e. The zero-order valence-electron chi connectivity index (χ0n) is 19.0. The summed E-state index contributed by atoms with van der Waals surface area (Å²) in [6.07, 6.45) is -1.81. The Morgan fingerprint density at radius 1 is 1.18 bits per heavy atom. The molecule has 1 N–H and O–H groups in total. The number of aryl methyl sites for hydroxylation is 1. The lowest BCUT2D eigenvalue weighted by Gasteiger charge is -2.30. The zero-order chi connectivity index (χ0) is 24.5. The molecular formula is C23H28F3N3O3S. The van der Waals surface area contributed by atoms with Crippen molar-refractivity contribution in [2.45, 2.75) is 38.5 Å². The van der Waals surface area contributed by atoms with Crippen molar-refractivity contribution >= 4 is 16.1 Å². The number of urea groups is 1. The Kier molecular flexibility index (Phi) is 7.38. The quantitative estimate of drug-likeness (QED) is 0.684. The minimum Gasteiger partial charge on any atom is -0.331 e. The van der Waals surface area contributed by atoms with Crippen LogP contribution in [-0.2, 0) is 16.4 Å². The Hall–Kier alpha value is -2.59. The number of carbonyl (C=O) groups excluding carboxylic acids is 1. The summed E-state index contributed by atoms with van der Waals surface area (Å²) in [6.45, 7) is 2.81. The van der Waals surface area contributed by atoms with Gasteiger partial charge in [-0.05, 0) is 38.0 Å². The van der Waals surface area contributed by atoms with Gasteiger partial charge < -0.3 is 9.80 Å². The van der Waals surface area contributed by atoms with E-state index >= 15 is 4.39 Å². The average molecular weight is 484 g/mol. The monoisotopic (exact) mass is 483 g/mol. The van der Waals surface area contributed by atoms with Gasteiger partial charge in [0.05, 0.1) is 24.4 Å². The number of sulfonamides is 1. The van der Waals surface area contributed by atoms with Gasteiger partial charge in [0.25, 0.3) is 0 Å². The molecule has 0 saturated carbocycles. The maximum Gasteiger partial charge on any atom is 0.319 e. The summed E-state index contributed by atoms with van der Waals surface area (Å²) in [4.78, 5) is 15.2. The van der Waals surface area contributed by atoms with E-state index in [9.17, 15) is 22.0 Å². The molecular weight excluding hydrogens is 455 g/mol. The first-order valence-corrected chi connectivity index (χ1v) is 12.3. The number of carbonyl (C=O) groups is 1. The summed E-state index contributed by atoms with van der Waals surface area (Å²) in [7, 11) is -0.791. The Balaban J connectivity index is 2.06. The van der Waals surface area contributed by atoms with Crippen LogP contribution in [-0.4, -0.2) is 68.9 Å². The molecule has 180 valence electrons. The van der Waals surface area contributed by atoms with Gasteiger partial charge in [-0.2, -0.15) is 0 Å². The van der Waals surface area contributed by atoms with Gasteiger partial charge in [-0.25, -0.2) is 31.1 Å². The van der Waals surface area contributed by atoms with Gasteiger partial charge in [0, 0.05) is 25.2 Å². The number of rotatable bonds is 6. The largest absolute Gasteiger partial charge is 0.331 e. The number of alkyl halides is 1. The van der Waals surface area contributed by atoms with Crippen LogP contribution in [0.15, 0.2) is 36.4 Å². The lowest BCUT2D eigenvalue weighted by molar-refractivity contribution is 0.161. The summed E-state index contributed by atoms with van der Waals surface area (Å²) in [5.74, 6) is -1.54. The van der Waals surface area contributed by atoms with E-state index in [0.29, 0.717) is 5.56 Å². The number of hydrogen-bond acceptors (Lipinski definition) is 3. The van der Waals surface area contributed by atoms with Crippen molar-refractivity contribution in [3.63, 3.8) is 0 Å². The third kappa shape index (κ3) is 5.33. The van der Waals surface area contributed by atoms with E-state index in [1.165, 1.54) is 55.1 Å². The number of benzene rings is 2. The van der Waals surface area contributed by atoms with E-state index in [1.807, 2.05) is 0 Å². The summed E-state index contributed by atoms with van der Waals surface area (Å²) in [5.41, 5.74) is 0.925. The normalized spacial score (nSPS) is 20.8. The molecule has 0 aliphatic carbocycles. The standard InChI is InChI=1S/C23H28F3N3O3S/c1-5-33(31,32)27-22-19(25)13-29(23(30)28(3)4)20(22)12-15-10-14(2)11-17(21(15)26)16-8-6-7-9-18(16)24/h6-11,19-20,22,27H,5,12-13H2,1-4H3/t19-,20-,22-/m0/s1. The predicted octanol–water partition coefficient (Wildman–Crippen LogP) is 3.49. The number of likely N-dealkylation sites (tertiary alicyclic amines) is 1. The number of nitrogens with one attached hydrogen (secondary N) is 1. The van der Waals surface area contributed by atoms with Crippen LogP contribution in [0.25, 0.3) is 11.1 Å². The molecule has 6 nitrogen and oxygen atoms in total. The first-order chi connectivity index (χ1) is 15.4. The SMILES string of the molecule is CCS(=O)(=O)N[C@H]1[C@@H](F)CN(C(=O)N(C)C)[C@H]1Cc1cc(C)cc(-c2ccccc2F)c1F. The summed E-state index contributed by atoms with van der Waals surface area (Å²) in [6, 6.07) is 6.14. The summed E-state index contributed by atoms with van der Waals surface area (Å²) in [5, 5.41) is 0. The van der Waals surface area contributed by atoms with Crippen LogP contribution >= 0.6 is 0 Å². The molecule has 1 aliphatic rings. The van der Waals surface area contributed by atoms with E-state index in [0.717, 1.165) is 0 Å². The lowest BCUT2D eigenvalue weighted by atomic mass is 9.93. The summed E-state index contributed by atoms with van der Waals surface area (Å²) >= 11 is 0. The molecule has 10 heteroatoms. The minimum atomic E-state index is -3.79. The second-order valence-electron chi connectivity index (χ2n) is 8.43. The highest BCUT2D eigenvalue weighted by Crippen LogP contribution is 2.32. The molecule has 0 spiro atoms. The number of hydrogen-bond donors (Lipinski definition) is 1. The Bertz CT molecular complexity index is 1140. The van der Waals surface area contributed by atoms with Gasteiger partial charge in [-0.1, -0.05) is 29.8 Å². The van der Waals surface area contributed by atoms with Crippen molar-refractivity contribution in [3.05, 3.63) is 59.2 Å². The zero-order valence-corrected chi connectivity index (χ0v) is 19.8. The highest BCUT2D eigenvalue weighted by atomic mass is 32.2. The van der Waals surface area contributed by atoms with Gasteiger partial charge in [0.1, 0.15) is 17.8 Å². The van der Waals surface area contributed by atoms with Crippen molar-refractivity contribution < 1.29 is 26.4 Å². The third-order valence-corrected chi connectivity index (χ3v) is 7.18. The molecule has 1 heterocycles. The fourth-order valence-electron chi connectivity index (χ4n) is 4.12. The van der Waals surface area contributed by atoms with Crippen LogP contribution in [0.3, 0.4) is 0 Å². The Morgan fingerprint density at radius 3 is 2.45 bits per heavy atom. The van der Waals surface area contributed by atoms with E-state index in [4.69, 9.17) is 0 Å². The van der Waals surface area contributed by atoms with Crippen molar-refractivity contribution in [1.29, 1.82) is 0 Å². The fraction of sp³-hybridized carbons (Fsp3) is 0.435. The molecule has 0 radical (unpaired) electrons. The first kappa shape index (κ1) is 25.0. The topological polar surface area (TPSA) is 69.7 Å². The molecule has 0 unspecified atom stereocenters. The number of halogens is 3. The molecule has 2 amide bonds.